The van der Waals surface area contributed by atoms with Crippen LogP contribution in [0.2, 0.25) is 0 Å². The second kappa shape index (κ2) is 19.4. The molecule has 0 amide bonds. The van der Waals surface area contributed by atoms with Gasteiger partial charge in [-0.05, 0) is 114 Å². The first-order chi connectivity index (χ1) is 30.3. The fourth-order valence-corrected chi connectivity index (χ4v) is 8.07. The maximum Gasteiger partial charge on any atom is 0.488 e. The van der Waals surface area contributed by atoms with E-state index in [2.05, 4.69) is 101 Å². The molecule has 0 radical (unpaired) electrons. The maximum atomic E-state index is 10.3. The Labute approximate surface area is 370 Å². The lowest BCUT2D eigenvalue weighted by atomic mass is 9.77. The Morgan fingerprint density at radius 1 is 0.290 bits per heavy atom. The lowest BCUT2D eigenvalue weighted by molar-refractivity contribution is 0.426. The van der Waals surface area contributed by atoms with Crippen LogP contribution in [0, 0.1) is 0 Å². The molecule has 0 aliphatic rings. The Hall–Kier alpha value is -7.22. The zero-order chi connectivity index (χ0) is 42.8. The lowest BCUT2D eigenvalue weighted by Gasteiger charge is -2.13. The average molecular weight is 870 g/mol. The van der Waals surface area contributed by atoms with E-state index in [0.29, 0.717) is 17.0 Å². The molecule has 0 bridgehead atoms. The van der Waals surface area contributed by atoms with E-state index in [0.717, 1.165) is 59.4 Å². The molecule has 0 saturated carbocycles. The van der Waals surface area contributed by atoms with Crippen molar-refractivity contribution in [3.8, 4) is 67.1 Å². The highest BCUT2D eigenvalue weighted by Crippen LogP contribution is 2.38. The first-order valence-corrected chi connectivity index (χ1v) is 21.1. The van der Waals surface area contributed by atoms with Crippen molar-refractivity contribution in [3.05, 3.63) is 235 Å². The van der Waals surface area contributed by atoms with Crippen molar-refractivity contribution in [3.63, 3.8) is 0 Å². The molecule has 0 spiro atoms. The molecule has 4 N–H and O–H groups in total. The summed E-state index contributed by atoms with van der Waals surface area (Å²) < 4.78 is 1.01. The highest BCUT2D eigenvalue weighted by molar-refractivity contribution is 9.10. The van der Waals surface area contributed by atoms with Crippen LogP contribution in [-0.4, -0.2) is 27.4 Å². The first kappa shape index (κ1) is 41.5. The van der Waals surface area contributed by atoms with Crippen molar-refractivity contribution in [2.75, 3.05) is 0 Å². The largest absolute Gasteiger partial charge is 0.507 e. The lowest BCUT2D eigenvalue weighted by Crippen LogP contribution is -2.29. The van der Waals surface area contributed by atoms with Gasteiger partial charge >= 0.3 is 7.12 Å². The third-order valence-corrected chi connectivity index (χ3v) is 11.4. The monoisotopic (exact) mass is 868 g/mol. The van der Waals surface area contributed by atoms with Crippen molar-refractivity contribution in [1.29, 1.82) is 0 Å². The predicted molar refractivity (Wildman–Crippen MR) is 262 cm³/mol. The topological polar surface area (TPSA) is 80.9 Å². The summed E-state index contributed by atoms with van der Waals surface area (Å²) in [5.74, 6) is 0.639. The van der Waals surface area contributed by atoms with Gasteiger partial charge in [0.05, 0.1) is 0 Å². The maximum absolute atomic E-state index is 10.3. The number of aromatic hydroxyl groups is 2. The fraction of sp³-hybridized carbons (Fsp3) is 0. The normalized spacial score (nSPS) is 10.6. The Morgan fingerprint density at radius 3 is 1.05 bits per heavy atom. The van der Waals surface area contributed by atoms with Crippen LogP contribution < -0.4 is 5.46 Å². The van der Waals surface area contributed by atoms with Gasteiger partial charge in [-0.1, -0.05) is 204 Å². The summed E-state index contributed by atoms with van der Waals surface area (Å²) in [5, 5.41) is 42.7. The molecule has 0 fully saturated rings. The van der Waals surface area contributed by atoms with E-state index in [9.17, 15) is 20.3 Å². The number of rotatable bonds is 6. The molecule has 0 saturated heterocycles. The van der Waals surface area contributed by atoms with Crippen LogP contribution in [0.3, 0.4) is 0 Å². The number of halogens is 1. The van der Waals surface area contributed by atoms with Crippen LogP contribution in [-0.2, 0) is 0 Å². The van der Waals surface area contributed by atoms with Crippen LogP contribution in [0.5, 0.6) is 11.5 Å². The molecule has 0 atom stereocenters. The molecule has 0 heterocycles. The van der Waals surface area contributed by atoms with Crippen molar-refractivity contribution in [2.45, 2.75) is 0 Å². The minimum Gasteiger partial charge on any atom is -0.507 e. The quantitative estimate of drug-likeness (QED) is 0.126. The molecule has 0 aliphatic heterocycles. The molecule has 0 unspecified atom stereocenters. The summed E-state index contributed by atoms with van der Waals surface area (Å²) in [4.78, 5) is 0. The molecular formula is C56H42BBrO4. The summed E-state index contributed by atoms with van der Waals surface area (Å²) in [6.07, 6.45) is 0. The van der Waals surface area contributed by atoms with E-state index in [1.165, 1.54) is 22.3 Å². The van der Waals surface area contributed by atoms with Gasteiger partial charge in [-0.2, -0.15) is 0 Å². The van der Waals surface area contributed by atoms with Crippen LogP contribution >= 0.6 is 15.9 Å². The van der Waals surface area contributed by atoms with E-state index in [-0.39, 0.29) is 0 Å². The van der Waals surface area contributed by atoms with Gasteiger partial charge < -0.3 is 20.3 Å². The Bertz CT molecular complexity index is 2910. The summed E-state index contributed by atoms with van der Waals surface area (Å²) in [5.41, 5.74) is 11.5. The van der Waals surface area contributed by atoms with Crippen LogP contribution in [0.15, 0.2) is 235 Å². The molecule has 10 aromatic rings. The third kappa shape index (κ3) is 9.70. The highest BCUT2D eigenvalue weighted by atomic mass is 79.9. The van der Waals surface area contributed by atoms with E-state index < -0.39 is 7.12 Å². The number of phenols is 2. The zero-order valence-corrected chi connectivity index (χ0v) is 35.3. The predicted octanol–water partition coefficient (Wildman–Crippen LogP) is 13.6. The van der Waals surface area contributed by atoms with Gasteiger partial charge in [0.2, 0.25) is 0 Å². The van der Waals surface area contributed by atoms with Gasteiger partial charge in [-0.15, -0.1) is 0 Å². The number of hydrogen-bond acceptors (Lipinski definition) is 4. The molecule has 0 aromatic heterocycles. The Morgan fingerprint density at radius 2 is 0.629 bits per heavy atom. The molecule has 300 valence electrons. The molecule has 6 heteroatoms. The minimum atomic E-state index is -1.48. The third-order valence-electron chi connectivity index (χ3n) is 10.7. The van der Waals surface area contributed by atoms with Gasteiger partial charge in [0.25, 0.3) is 0 Å². The summed E-state index contributed by atoms with van der Waals surface area (Å²) in [6, 6.07) is 76.3. The number of hydrogen-bond donors (Lipinski definition) is 4. The molecule has 4 nitrogen and oxygen atoms in total. The number of phenolic OH excluding ortho intramolecular Hbond substituents is 2. The van der Waals surface area contributed by atoms with Gasteiger partial charge in [-0.25, -0.2) is 0 Å². The van der Waals surface area contributed by atoms with E-state index in [1.54, 1.807) is 12.1 Å². The molecule has 10 rings (SSSR count). The van der Waals surface area contributed by atoms with Gasteiger partial charge in [0.1, 0.15) is 11.5 Å². The summed E-state index contributed by atoms with van der Waals surface area (Å²) in [6.45, 7) is 0. The summed E-state index contributed by atoms with van der Waals surface area (Å²) in [7, 11) is -1.48. The van der Waals surface area contributed by atoms with E-state index >= 15 is 0 Å². The molecular weight excluding hydrogens is 827 g/mol. The first-order valence-electron chi connectivity index (χ1n) is 20.3. The van der Waals surface area contributed by atoms with Crippen LogP contribution in [0.25, 0.3) is 77.2 Å². The molecule has 10 aromatic carbocycles. The van der Waals surface area contributed by atoms with Crippen molar-refractivity contribution in [1.82, 2.24) is 0 Å². The smallest absolute Gasteiger partial charge is 0.488 e. The highest BCUT2D eigenvalue weighted by Gasteiger charge is 2.15. The minimum absolute atomic E-state index is 0.312. The number of benzene rings is 10. The molecule has 62 heavy (non-hydrogen) atoms. The van der Waals surface area contributed by atoms with Crippen molar-refractivity contribution >= 4 is 50.1 Å². The van der Waals surface area contributed by atoms with Crippen molar-refractivity contribution < 1.29 is 20.3 Å². The van der Waals surface area contributed by atoms with Gasteiger partial charge in [0.15, 0.2) is 0 Å². The second-order valence-electron chi connectivity index (χ2n) is 14.8. The zero-order valence-electron chi connectivity index (χ0n) is 33.7. The number of fused-ring (bicyclic) bond motifs is 2. The summed E-state index contributed by atoms with van der Waals surface area (Å²) >= 11 is 3.42. The Balaban J connectivity index is 0.000000140. The van der Waals surface area contributed by atoms with Crippen molar-refractivity contribution in [2.24, 2.45) is 0 Å². The van der Waals surface area contributed by atoms with Gasteiger partial charge in [0, 0.05) is 15.2 Å². The van der Waals surface area contributed by atoms with Crippen LogP contribution in [0.1, 0.15) is 0 Å². The average Bonchev–Trinajstić information content (AvgIpc) is 3.33. The fourth-order valence-electron chi connectivity index (χ4n) is 7.57. The van der Waals surface area contributed by atoms with E-state index in [1.807, 2.05) is 133 Å². The SMILES string of the molecule is OB(O)c1cc(-c2ccccc2)cc(-c2ccccc2)c1.Oc1cccc2c(-c3cc(-c4ccccc4)cc(-c4ccccc4)c3)cccc12.Oc1cccc2c(Br)cccc12. The molecule has 0 aliphatic carbocycles. The van der Waals surface area contributed by atoms with Crippen LogP contribution in [0.4, 0.5) is 0 Å². The standard InChI is InChI=1S/C28H20O.C18H15BO2.C10H7BrO/c29-28-16-8-14-26-25(13-7-15-27(26)28)24-18-22(20-9-3-1-4-10-20)17-23(19-24)21-11-5-2-6-12-21;20-19(21)18-12-16(14-7-3-1-4-8-14)11-17(13-18)15-9-5-2-6-10-15;11-9-5-1-4-8-7(9)3-2-6-10(8)12/h1-19,29H;1-13,20-21H;1-6,12H. The van der Waals surface area contributed by atoms with Gasteiger partial charge in [-0.3, -0.25) is 0 Å². The second-order valence-corrected chi connectivity index (χ2v) is 15.6. The van der Waals surface area contributed by atoms with E-state index in [4.69, 9.17) is 0 Å². The Kier molecular flexibility index (Phi) is 13.0.